The molecule has 0 aliphatic rings. The smallest absolute Gasteiger partial charge is 0.140 e. The lowest BCUT2D eigenvalue weighted by molar-refractivity contribution is 0.415. The quantitative estimate of drug-likeness (QED) is 0.720. The summed E-state index contributed by atoms with van der Waals surface area (Å²) in [7, 11) is 3.28. The Kier molecular flexibility index (Phi) is 3.70. The first kappa shape index (κ1) is 14.0. The van der Waals surface area contributed by atoms with Crippen LogP contribution in [0.1, 0.15) is 0 Å². The zero-order chi connectivity index (χ0) is 15.5. The Morgan fingerprint density at radius 2 is 1.91 bits per heavy atom. The number of ether oxygens (including phenoxy) is 2. The second-order valence-electron chi connectivity index (χ2n) is 4.80. The average molecular weight is 295 g/mol. The molecule has 5 heteroatoms. The molecule has 22 heavy (non-hydrogen) atoms. The lowest BCUT2D eigenvalue weighted by atomic mass is 10.1. The fraction of sp³-hybridized carbons (Fsp3) is 0.118. The van der Waals surface area contributed by atoms with Crippen LogP contribution in [-0.2, 0) is 0 Å². The molecule has 0 saturated carbocycles. The van der Waals surface area contributed by atoms with Crippen molar-refractivity contribution < 1.29 is 9.47 Å². The minimum absolute atomic E-state index is 0.647. The Morgan fingerprint density at radius 3 is 2.68 bits per heavy atom. The Hall–Kier alpha value is -2.95. The van der Waals surface area contributed by atoms with E-state index < -0.39 is 0 Å². The normalized spacial score (nSPS) is 10.5. The van der Waals surface area contributed by atoms with Crippen LogP contribution in [-0.4, -0.2) is 19.2 Å². The van der Waals surface area contributed by atoms with Gasteiger partial charge < -0.3 is 20.5 Å². The molecule has 0 spiro atoms. The van der Waals surface area contributed by atoms with Crippen LogP contribution in [0.15, 0.2) is 48.7 Å². The van der Waals surface area contributed by atoms with E-state index in [2.05, 4.69) is 10.3 Å². The molecule has 5 nitrogen and oxygen atoms in total. The van der Waals surface area contributed by atoms with Gasteiger partial charge in [-0.1, -0.05) is 6.07 Å². The van der Waals surface area contributed by atoms with Gasteiger partial charge in [0.2, 0.25) is 0 Å². The molecule has 0 fully saturated rings. The molecule has 1 heterocycles. The number of nitrogens with two attached hydrogens (primary N) is 1. The number of rotatable bonds is 4. The zero-order valence-electron chi connectivity index (χ0n) is 12.5. The van der Waals surface area contributed by atoms with Gasteiger partial charge >= 0.3 is 0 Å². The molecule has 0 bridgehead atoms. The summed E-state index contributed by atoms with van der Waals surface area (Å²) in [5.41, 5.74) is 7.65. The molecule has 0 saturated heterocycles. The van der Waals surface area contributed by atoms with Gasteiger partial charge in [0, 0.05) is 29.0 Å². The first-order valence-electron chi connectivity index (χ1n) is 6.85. The molecular weight excluding hydrogens is 278 g/mol. The molecule has 112 valence electrons. The molecule has 1 aromatic heterocycles. The van der Waals surface area contributed by atoms with Crippen LogP contribution in [0.3, 0.4) is 0 Å². The molecule has 0 atom stereocenters. The molecule has 0 unspecified atom stereocenters. The number of nitrogen functional groups attached to an aromatic ring is 1. The third-order valence-electron chi connectivity index (χ3n) is 3.47. The maximum atomic E-state index is 6.13. The molecule has 3 rings (SSSR count). The molecule has 0 radical (unpaired) electrons. The lowest BCUT2D eigenvalue weighted by Crippen LogP contribution is -1.99. The molecular formula is C17H17N3O2. The summed E-state index contributed by atoms with van der Waals surface area (Å²) < 4.78 is 10.6. The Bertz CT molecular complexity index is 818. The number of fused-ring (bicyclic) bond motifs is 1. The first-order valence-corrected chi connectivity index (χ1v) is 6.85. The highest BCUT2D eigenvalue weighted by Crippen LogP contribution is 2.35. The number of aromatic nitrogens is 1. The van der Waals surface area contributed by atoms with E-state index in [4.69, 9.17) is 15.2 Å². The van der Waals surface area contributed by atoms with Crippen molar-refractivity contribution in [2.45, 2.75) is 0 Å². The van der Waals surface area contributed by atoms with Crippen molar-refractivity contribution in [3.63, 3.8) is 0 Å². The fourth-order valence-electron chi connectivity index (χ4n) is 2.41. The van der Waals surface area contributed by atoms with Crippen molar-refractivity contribution >= 4 is 28.0 Å². The molecule has 3 N–H and O–H groups in total. The minimum atomic E-state index is 0.647. The SMILES string of the molecule is COc1cccc(Nc2nccc3c(OC)ccc(N)c23)c1. The predicted octanol–water partition coefficient (Wildman–Crippen LogP) is 3.58. The van der Waals surface area contributed by atoms with Crippen LogP contribution in [0.5, 0.6) is 11.5 Å². The molecule has 0 aliphatic heterocycles. The van der Waals surface area contributed by atoms with Gasteiger partial charge in [-0.15, -0.1) is 0 Å². The third kappa shape index (κ3) is 2.48. The van der Waals surface area contributed by atoms with E-state index in [1.54, 1.807) is 20.4 Å². The van der Waals surface area contributed by atoms with E-state index in [0.717, 1.165) is 28.0 Å². The predicted molar refractivity (Wildman–Crippen MR) is 89.0 cm³/mol. The van der Waals surface area contributed by atoms with Crippen molar-refractivity contribution in [3.05, 3.63) is 48.7 Å². The monoisotopic (exact) mass is 295 g/mol. The van der Waals surface area contributed by atoms with Crippen LogP contribution in [0, 0.1) is 0 Å². The van der Waals surface area contributed by atoms with Crippen molar-refractivity contribution in [1.82, 2.24) is 4.98 Å². The highest BCUT2D eigenvalue weighted by Gasteiger charge is 2.10. The Balaban J connectivity index is 2.11. The van der Waals surface area contributed by atoms with Crippen molar-refractivity contribution in [2.24, 2.45) is 0 Å². The summed E-state index contributed by atoms with van der Waals surface area (Å²) in [6, 6.07) is 13.2. The van der Waals surface area contributed by atoms with Crippen LogP contribution in [0.2, 0.25) is 0 Å². The summed E-state index contributed by atoms with van der Waals surface area (Å²) in [5.74, 6) is 2.22. The van der Waals surface area contributed by atoms with Gasteiger partial charge in [-0.2, -0.15) is 0 Å². The molecule has 0 aliphatic carbocycles. The Morgan fingerprint density at radius 1 is 1.05 bits per heavy atom. The Labute approximate surface area is 128 Å². The van der Waals surface area contributed by atoms with Gasteiger partial charge in [0.1, 0.15) is 17.3 Å². The van der Waals surface area contributed by atoms with E-state index in [9.17, 15) is 0 Å². The van der Waals surface area contributed by atoms with Crippen LogP contribution in [0.4, 0.5) is 17.2 Å². The van der Waals surface area contributed by atoms with Gasteiger partial charge in [0.15, 0.2) is 0 Å². The minimum Gasteiger partial charge on any atom is -0.497 e. The maximum Gasteiger partial charge on any atom is 0.140 e. The summed E-state index contributed by atoms with van der Waals surface area (Å²) in [5, 5.41) is 5.04. The molecule has 0 amide bonds. The number of hydrogen-bond donors (Lipinski definition) is 2. The highest BCUT2D eigenvalue weighted by atomic mass is 16.5. The number of benzene rings is 2. The van der Waals surface area contributed by atoms with E-state index in [1.807, 2.05) is 42.5 Å². The van der Waals surface area contributed by atoms with Crippen molar-refractivity contribution in [1.29, 1.82) is 0 Å². The summed E-state index contributed by atoms with van der Waals surface area (Å²) in [6.07, 6.45) is 1.73. The summed E-state index contributed by atoms with van der Waals surface area (Å²) >= 11 is 0. The first-order chi connectivity index (χ1) is 10.7. The van der Waals surface area contributed by atoms with Gasteiger partial charge in [-0.05, 0) is 30.3 Å². The summed E-state index contributed by atoms with van der Waals surface area (Å²) in [4.78, 5) is 4.41. The number of anilines is 3. The zero-order valence-corrected chi connectivity index (χ0v) is 12.5. The van der Waals surface area contributed by atoms with Gasteiger partial charge in [0.25, 0.3) is 0 Å². The van der Waals surface area contributed by atoms with E-state index >= 15 is 0 Å². The number of methoxy groups -OCH3 is 2. The molecule has 3 aromatic rings. The average Bonchev–Trinajstić information content (AvgIpc) is 2.55. The van der Waals surface area contributed by atoms with Gasteiger partial charge in [-0.3, -0.25) is 0 Å². The summed E-state index contributed by atoms with van der Waals surface area (Å²) in [6.45, 7) is 0. The third-order valence-corrected chi connectivity index (χ3v) is 3.47. The van der Waals surface area contributed by atoms with Crippen LogP contribution in [0.25, 0.3) is 10.8 Å². The number of nitrogens with one attached hydrogen (secondary N) is 1. The van der Waals surface area contributed by atoms with Gasteiger partial charge in [0.05, 0.1) is 19.6 Å². The molecule has 2 aromatic carbocycles. The topological polar surface area (TPSA) is 69.4 Å². The fourth-order valence-corrected chi connectivity index (χ4v) is 2.41. The highest BCUT2D eigenvalue weighted by molar-refractivity contribution is 6.04. The van der Waals surface area contributed by atoms with Gasteiger partial charge in [-0.25, -0.2) is 4.98 Å². The lowest BCUT2D eigenvalue weighted by Gasteiger charge is -2.13. The number of pyridine rings is 1. The van der Waals surface area contributed by atoms with E-state index in [0.29, 0.717) is 11.5 Å². The second-order valence-corrected chi connectivity index (χ2v) is 4.80. The standard InChI is InChI=1S/C17H17N3O2/c1-21-12-5-3-4-11(10-12)20-17-16-13(8-9-19-17)15(22-2)7-6-14(16)18/h3-10H,18H2,1-2H3,(H,19,20). The van der Waals surface area contributed by atoms with Crippen LogP contribution >= 0.6 is 0 Å². The van der Waals surface area contributed by atoms with E-state index in [1.165, 1.54) is 0 Å². The maximum absolute atomic E-state index is 6.13. The number of nitrogens with zero attached hydrogens (tertiary/aromatic N) is 1. The number of hydrogen-bond acceptors (Lipinski definition) is 5. The van der Waals surface area contributed by atoms with Crippen molar-refractivity contribution in [3.8, 4) is 11.5 Å². The van der Waals surface area contributed by atoms with Crippen LogP contribution < -0.4 is 20.5 Å². The van der Waals surface area contributed by atoms with E-state index in [-0.39, 0.29) is 0 Å². The second kappa shape index (κ2) is 5.81. The van der Waals surface area contributed by atoms with Crippen molar-refractivity contribution in [2.75, 3.05) is 25.3 Å². The largest absolute Gasteiger partial charge is 0.497 e.